The third-order valence-corrected chi connectivity index (χ3v) is 1.08. The van der Waals surface area contributed by atoms with E-state index in [1.807, 2.05) is 13.8 Å². The van der Waals surface area contributed by atoms with Crippen molar-refractivity contribution in [2.24, 2.45) is 0 Å². The van der Waals surface area contributed by atoms with Gasteiger partial charge in [-0.3, -0.25) is 0 Å². The molecular weight excluding hydrogens is 153 g/mol. The van der Waals surface area contributed by atoms with Crippen LogP contribution in [0.5, 0.6) is 0 Å². The van der Waals surface area contributed by atoms with Gasteiger partial charge in [0.2, 0.25) is 0 Å². The van der Waals surface area contributed by atoms with Crippen molar-refractivity contribution >= 4 is 0 Å². The second-order valence-electron chi connectivity index (χ2n) is 1.61. The van der Waals surface area contributed by atoms with Crippen LogP contribution in [0.25, 0.3) is 0 Å². The fourth-order valence-corrected chi connectivity index (χ4v) is 0.427. The van der Waals surface area contributed by atoms with E-state index in [0.717, 1.165) is 11.4 Å². The molecule has 8 heavy (non-hydrogen) atoms. The molecule has 0 saturated heterocycles. The van der Waals surface area contributed by atoms with E-state index in [2.05, 4.69) is 9.97 Å². The summed E-state index contributed by atoms with van der Waals surface area (Å²) in [4.78, 5) is 6.92. The van der Waals surface area contributed by atoms with E-state index in [-0.39, 0.29) is 19.5 Å². The number of aromatic nitrogens is 2. The molecule has 0 radical (unpaired) electrons. The number of nitrogens with zero attached hydrogens (tertiary/aromatic N) is 1. The van der Waals surface area contributed by atoms with E-state index >= 15 is 0 Å². The number of nitrogens with one attached hydrogen (secondary N) is 1. The van der Waals surface area contributed by atoms with Gasteiger partial charge < -0.3 is 4.98 Å². The first kappa shape index (κ1) is 7.83. The van der Waals surface area contributed by atoms with Crippen molar-refractivity contribution < 1.29 is 19.5 Å². The van der Waals surface area contributed by atoms with Crippen LogP contribution in [0.15, 0.2) is 6.33 Å². The van der Waals surface area contributed by atoms with Gasteiger partial charge in [0.05, 0.1) is 12.0 Å². The molecule has 1 aromatic heterocycles. The Morgan fingerprint density at radius 1 is 1.50 bits per heavy atom. The van der Waals surface area contributed by atoms with Crippen LogP contribution in [0.4, 0.5) is 0 Å². The van der Waals surface area contributed by atoms with Crippen molar-refractivity contribution in [2.75, 3.05) is 0 Å². The topological polar surface area (TPSA) is 28.7 Å². The monoisotopic (exact) mass is 160 g/mol. The molecule has 0 aliphatic rings. The Labute approximate surface area is 61.5 Å². The van der Waals surface area contributed by atoms with E-state index in [4.69, 9.17) is 0 Å². The van der Waals surface area contributed by atoms with E-state index in [0.29, 0.717) is 0 Å². The van der Waals surface area contributed by atoms with E-state index < -0.39 is 0 Å². The minimum absolute atomic E-state index is 0. The summed E-state index contributed by atoms with van der Waals surface area (Å²) in [5, 5.41) is 0. The molecule has 2 nitrogen and oxygen atoms in total. The van der Waals surface area contributed by atoms with Gasteiger partial charge in [0, 0.05) is 25.2 Å². The summed E-state index contributed by atoms with van der Waals surface area (Å²) in [7, 11) is 0. The number of aryl methyl sites for hydroxylation is 2. The van der Waals surface area contributed by atoms with Crippen molar-refractivity contribution in [1.82, 2.24) is 9.97 Å². The van der Waals surface area contributed by atoms with Crippen molar-refractivity contribution in [3.8, 4) is 0 Å². The van der Waals surface area contributed by atoms with Crippen molar-refractivity contribution in [3.63, 3.8) is 0 Å². The maximum absolute atomic E-state index is 3.96. The van der Waals surface area contributed by atoms with Crippen LogP contribution in [-0.2, 0) is 19.5 Å². The molecular formula is C5H8N2Zn. The summed E-state index contributed by atoms with van der Waals surface area (Å²) < 4.78 is 0. The third-order valence-electron chi connectivity index (χ3n) is 1.08. The minimum atomic E-state index is 0. The van der Waals surface area contributed by atoms with Gasteiger partial charge in [0.25, 0.3) is 0 Å². The summed E-state index contributed by atoms with van der Waals surface area (Å²) in [6.07, 6.45) is 1.70. The van der Waals surface area contributed by atoms with Gasteiger partial charge in [-0.1, -0.05) is 0 Å². The van der Waals surface area contributed by atoms with Crippen LogP contribution in [0.2, 0.25) is 0 Å². The predicted octanol–water partition coefficient (Wildman–Crippen LogP) is 1.02. The Morgan fingerprint density at radius 3 is 2.25 bits per heavy atom. The molecule has 40 valence electrons. The molecule has 0 saturated carbocycles. The number of imidazole rings is 1. The SMILES string of the molecule is Cc1nc[nH]c1C.[Zn]. The predicted molar refractivity (Wildman–Crippen MR) is 28.1 cm³/mol. The maximum Gasteiger partial charge on any atom is 0.0925 e. The van der Waals surface area contributed by atoms with Crippen molar-refractivity contribution in [2.45, 2.75) is 13.8 Å². The smallest absolute Gasteiger partial charge is 0.0925 e. The van der Waals surface area contributed by atoms with E-state index in [9.17, 15) is 0 Å². The van der Waals surface area contributed by atoms with Crippen molar-refractivity contribution in [3.05, 3.63) is 17.7 Å². The molecule has 1 aromatic rings. The summed E-state index contributed by atoms with van der Waals surface area (Å²) in [5.41, 5.74) is 2.24. The van der Waals surface area contributed by atoms with Gasteiger partial charge >= 0.3 is 0 Å². The molecule has 0 amide bonds. The number of hydrogen-bond donors (Lipinski definition) is 1. The molecule has 0 spiro atoms. The Hall–Kier alpha value is -0.167. The Bertz CT molecular complexity index is 143. The summed E-state index contributed by atoms with van der Waals surface area (Å²) in [6, 6.07) is 0. The largest absolute Gasteiger partial charge is 0.348 e. The first-order valence-corrected chi connectivity index (χ1v) is 2.27. The average Bonchev–Trinajstić information content (AvgIpc) is 1.91. The fourth-order valence-electron chi connectivity index (χ4n) is 0.427. The van der Waals surface area contributed by atoms with Gasteiger partial charge in [-0.2, -0.15) is 0 Å². The third kappa shape index (κ3) is 1.41. The molecule has 0 aromatic carbocycles. The maximum atomic E-state index is 3.96. The normalized spacial score (nSPS) is 8.25. The van der Waals surface area contributed by atoms with Crippen molar-refractivity contribution in [1.29, 1.82) is 0 Å². The van der Waals surface area contributed by atoms with Gasteiger partial charge in [-0.05, 0) is 13.8 Å². The standard InChI is InChI=1S/C5H8N2.Zn/c1-4-5(2)7-3-6-4;/h3H,1-2H3,(H,6,7);. The van der Waals surface area contributed by atoms with Crippen LogP contribution >= 0.6 is 0 Å². The number of hydrogen-bond acceptors (Lipinski definition) is 1. The zero-order chi connectivity index (χ0) is 5.28. The molecule has 1 rings (SSSR count). The number of H-pyrrole nitrogens is 1. The van der Waals surface area contributed by atoms with Gasteiger partial charge in [0.15, 0.2) is 0 Å². The van der Waals surface area contributed by atoms with Crippen LogP contribution in [0.1, 0.15) is 11.4 Å². The van der Waals surface area contributed by atoms with E-state index in [1.54, 1.807) is 6.33 Å². The minimum Gasteiger partial charge on any atom is -0.348 e. The van der Waals surface area contributed by atoms with Gasteiger partial charge in [-0.15, -0.1) is 0 Å². The Morgan fingerprint density at radius 2 is 2.12 bits per heavy atom. The van der Waals surface area contributed by atoms with Crippen LogP contribution in [0, 0.1) is 13.8 Å². The molecule has 0 atom stereocenters. The van der Waals surface area contributed by atoms with Gasteiger partial charge in [-0.25, -0.2) is 4.98 Å². The second kappa shape index (κ2) is 2.98. The molecule has 0 fully saturated rings. The molecule has 0 bridgehead atoms. The summed E-state index contributed by atoms with van der Waals surface area (Å²) in [6.45, 7) is 3.98. The average molecular weight is 162 g/mol. The summed E-state index contributed by atoms with van der Waals surface area (Å²) in [5.74, 6) is 0. The van der Waals surface area contributed by atoms with Crippen LogP contribution in [-0.4, -0.2) is 9.97 Å². The first-order valence-electron chi connectivity index (χ1n) is 2.27. The Balaban J connectivity index is 0.000000490. The second-order valence-corrected chi connectivity index (χ2v) is 1.61. The molecule has 0 aliphatic heterocycles. The molecule has 0 aliphatic carbocycles. The zero-order valence-electron chi connectivity index (χ0n) is 5.23. The molecule has 1 heterocycles. The quantitative estimate of drug-likeness (QED) is 0.566. The molecule has 3 heteroatoms. The van der Waals surface area contributed by atoms with Crippen LogP contribution < -0.4 is 0 Å². The Kier molecular flexibility index (Phi) is 2.92. The van der Waals surface area contributed by atoms with Gasteiger partial charge in [0.1, 0.15) is 0 Å². The number of aromatic amines is 1. The fraction of sp³-hybridized carbons (Fsp3) is 0.400. The zero-order valence-corrected chi connectivity index (χ0v) is 8.20. The number of rotatable bonds is 0. The summed E-state index contributed by atoms with van der Waals surface area (Å²) >= 11 is 0. The molecule has 0 unspecified atom stereocenters. The molecule has 1 N–H and O–H groups in total. The van der Waals surface area contributed by atoms with Crippen LogP contribution in [0.3, 0.4) is 0 Å². The first-order chi connectivity index (χ1) is 3.30. The van der Waals surface area contributed by atoms with E-state index in [1.165, 1.54) is 0 Å².